The highest BCUT2D eigenvalue weighted by Gasteiger charge is 2.15. The van der Waals surface area contributed by atoms with E-state index in [0.717, 1.165) is 18.7 Å². The molecule has 0 saturated carbocycles. The van der Waals surface area contributed by atoms with Gasteiger partial charge in [0.15, 0.2) is 0 Å². The number of rotatable bonds is 4. The second-order valence-corrected chi connectivity index (χ2v) is 4.34. The zero-order chi connectivity index (χ0) is 12.1. The maximum absolute atomic E-state index is 11.6. The second kappa shape index (κ2) is 5.68. The number of hydrogen-bond acceptors (Lipinski definition) is 4. The molecule has 17 heavy (non-hydrogen) atoms. The molecular formula is C13H18N2O2. The summed E-state index contributed by atoms with van der Waals surface area (Å²) in [6.07, 6.45) is 2.36. The van der Waals surface area contributed by atoms with Crippen molar-refractivity contribution in [3.05, 3.63) is 29.8 Å². The summed E-state index contributed by atoms with van der Waals surface area (Å²) in [6, 6.07) is 7.44. The van der Waals surface area contributed by atoms with Crippen LogP contribution in [0.5, 0.6) is 0 Å². The molecule has 1 heterocycles. The monoisotopic (exact) mass is 234 g/mol. The van der Waals surface area contributed by atoms with Crippen LogP contribution in [-0.4, -0.2) is 30.5 Å². The van der Waals surface area contributed by atoms with E-state index >= 15 is 0 Å². The van der Waals surface area contributed by atoms with Crippen molar-refractivity contribution in [2.24, 2.45) is 0 Å². The third-order valence-corrected chi connectivity index (χ3v) is 3.00. The van der Waals surface area contributed by atoms with Crippen LogP contribution in [0.3, 0.4) is 0 Å². The lowest BCUT2D eigenvalue weighted by Gasteiger charge is -2.13. The van der Waals surface area contributed by atoms with Crippen molar-refractivity contribution in [3.63, 3.8) is 0 Å². The molecule has 1 saturated heterocycles. The third kappa shape index (κ3) is 3.46. The van der Waals surface area contributed by atoms with Gasteiger partial charge in [-0.25, -0.2) is 0 Å². The van der Waals surface area contributed by atoms with E-state index in [0.29, 0.717) is 12.2 Å². The molecule has 1 aromatic rings. The predicted molar refractivity (Wildman–Crippen MR) is 66.3 cm³/mol. The number of ether oxygens (including phenoxy) is 1. The average molecular weight is 234 g/mol. The lowest BCUT2D eigenvalue weighted by Crippen LogP contribution is -2.28. The number of anilines is 1. The molecule has 2 rings (SSSR count). The summed E-state index contributed by atoms with van der Waals surface area (Å²) in [7, 11) is 0. The standard InChI is InChI=1S/C13H18N2O2/c14-12-6-2-1-5-11(12)10-17-13(16)9-15-7-3-4-8-15/h1-2,5-6H,3-4,7-10,14H2. The first kappa shape index (κ1) is 11.9. The minimum Gasteiger partial charge on any atom is -0.460 e. The topological polar surface area (TPSA) is 55.6 Å². The largest absolute Gasteiger partial charge is 0.460 e. The van der Waals surface area contributed by atoms with Gasteiger partial charge in [0.1, 0.15) is 6.61 Å². The summed E-state index contributed by atoms with van der Waals surface area (Å²) in [5.41, 5.74) is 7.30. The molecule has 0 amide bonds. The molecule has 0 radical (unpaired) electrons. The normalized spacial score (nSPS) is 16.0. The first-order chi connectivity index (χ1) is 8.25. The summed E-state index contributed by atoms with van der Waals surface area (Å²) in [6.45, 7) is 2.66. The number of para-hydroxylation sites is 1. The summed E-state index contributed by atoms with van der Waals surface area (Å²) in [5.74, 6) is -0.171. The fraction of sp³-hybridized carbons (Fsp3) is 0.462. The van der Waals surface area contributed by atoms with Crippen molar-refractivity contribution in [1.29, 1.82) is 0 Å². The molecule has 0 atom stereocenters. The quantitative estimate of drug-likeness (QED) is 0.632. The fourth-order valence-corrected chi connectivity index (χ4v) is 1.99. The van der Waals surface area contributed by atoms with Crippen molar-refractivity contribution >= 4 is 11.7 Å². The van der Waals surface area contributed by atoms with Gasteiger partial charge in [-0.05, 0) is 32.0 Å². The van der Waals surface area contributed by atoms with Crippen LogP contribution in [-0.2, 0) is 16.1 Å². The number of benzene rings is 1. The van der Waals surface area contributed by atoms with Crippen LogP contribution in [0.25, 0.3) is 0 Å². The zero-order valence-corrected chi connectivity index (χ0v) is 9.89. The van der Waals surface area contributed by atoms with E-state index in [2.05, 4.69) is 4.90 Å². The van der Waals surface area contributed by atoms with Crippen LogP contribution in [0.4, 0.5) is 5.69 Å². The summed E-state index contributed by atoms with van der Waals surface area (Å²) in [5, 5.41) is 0. The van der Waals surface area contributed by atoms with E-state index in [4.69, 9.17) is 10.5 Å². The number of carbonyl (C=O) groups is 1. The Kier molecular flexibility index (Phi) is 3.98. The van der Waals surface area contributed by atoms with E-state index in [-0.39, 0.29) is 12.6 Å². The van der Waals surface area contributed by atoms with E-state index in [9.17, 15) is 4.79 Å². The molecule has 0 spiro atoms. The molecule has 4 heteroatoms. The first-order valence-corrected chi connectivity index (χ1v) is 5.97. The molecule has 0 aromatic heterocycles. The molecule has 1 aliphatic rings. The SMILES string of the molecule is Nc1ccccc1COC(=O)CN1CCCC1. The summed E-state index contributed by atoms with van der Waals surface area (Å²) < 4.78 is 5.21. The van der Waals surface area contributed by atoms with Gasteiger partial charge in [0, 0.05) is 11.3 Å². The van der Waals surface area contributed by atoms with E-state index < -0.39 is 0 Å². The van der Waals surface area contributed by atoms with E-state index in [1.807, 2.05) is 24.3 Å². The Morgan fingerprint density at radius 2 is 2.00 bits per heavy atom. The Morgan fingerprint density at radius 3 is 2.71 bits per heavy atom. The smallest absolute Gasteiger partial charge is 0.320 e. The molecule has 4 nitrogen and oxygen atoms in total. The fourth-order valence-electron chi connectivity index (χ4n) is 1.99. The molecule has 1 aliphatic heterocycles. The van der Waals surface area contributed by atoms with Crippen LogP contribution in [0.1, 0.15) is 18.4 Å². The number of nitrogens with zero attached hydrogens (tertiary/aromatic N) is 1. The van der Waals surface area contributed by atoms with Crippen LogP contribution in [0.2, 0.25) is 0 Å². The predicted octanol–water partition coefficient (Wildman–Crippen LogP) is 1.41. The van der Waals surface area contributed by atoms with Crippen molar-refractivity contribution in [3.8, 4) is 0 Å². The van der Waals surface area contributed by atoms with Gasteiger partial charge in [0.05, 0.1) is 6.54 Å². The van der Waals surface area contributed by atoms with Gasteiger partial charge in [0.2, 0.25) is 0 Å². The number of nitrogen functional groups attached to an aromatic ring is 1. The first-order valence-electron chi connectivity index (χ1n) is 5.97. The van der Waals surface area contributed by atoms with Gasteiger partial charge in [-0.15, -0.1) is 0 Å². The highest BCUT2D eigenvalue weighted by molar-refractivity contribution is 5.71. The van der Waals surface area contributed by atoms with Crippen molar-refractivity contribution in [2.45, 2.75) is 19.4 Å². The lowest BCUT2D eigenvalue weighted by molar-refractivity contribution is -0.145. The number of likely N-dealkylation sites (tertiary alicyclic amines) is 1. The molecule has 1 aromatic carbocycles. The maximum Gasteiger partial charge on any atom is 0.320 e. The molecule has 0 unspecified atom stereocenters. The van der Waals surface area contributed by atoms with Crippen molar-refractivity contribution in [1.82, 2.24) is 4.90 Å². The van der Waals surface area contributed by atoms with Crippen molar-refractivity contribution in [2.75, 3.05) is 25.4 Å². The Balaban J connectivity index is 1.77. The Bertz CT molecular complexity index is 387. The van der Waals surface area contributed by atoms with Crippen LogP contribution < -0.4 is 5.73 Å². The summed E-state index contributed by atoms with van der Waals surface area (Å²) >= 11 is 0. The van der Waals surface area contributed by atoms with Crippen LogP contribution in [0.15, 0.2) is 24.3 Å². The molecule has 0 aliphatic carbocycles. The van der Waals surface area contributed by atoms with Crippen molar-refractivity contribution < 1.29 is 9.53 Å². The number of nitrogens with two attached hydrogens (primary N) is 1. The maximum atomic E-state index is 11.6. The number of esters is 1. The second-order valence-electron chi connectivity index (χ2n) is 4.34. The highest BCUT2D eigenvalue weighted by atomic mass is 16.5. The van der Waals surface area contributed by atoms with Gasteiger partial charge in [-0.2, -0.15) is 0 Å². The minimum atomic E-state index is -0.171. The summed E-state index contributed by atoms with van der Waals surface area (Å²) in [4.78, 5) is 13.7. The Morgan fingerprint density at radius 1 is 1.29 bits per heavy atom. The Labute approximate surface area is 101 Å². The molecule has 2 N–H and O–H groups in total. The van der Waals surface area contributed by atoms with E-state index in [1.165, 1.54) is 12.8 Å². The van der Waals surface area contributed by atoms with E-state index in [1.54, 1.807) is 0 Å². The van der Waals surface area contributed by atoms with Gasteiger partial charge in [-0.1, -0.05) is 18.2 Å². The number of hydrogen-bond donors (Lipinski definition) is 1. The molecule has 92 valence electrons. The molecule has 0 bridgehead atoms. The third-order valence-electron chi connectivity index (χ3n) is 3.00. The Hall–Kier alpha value is -1.55. The van der Waals surface area contributed by atoms with Gasteiger partial charge < -0.3 is 10.5 Å². The van der Waals surface area contributed by atoms with Crippen LogP contribution in [0, 0.1) is 0 Å². The zero-order valence-electron chi connectivity index (χ0n) is 9.89. The van der Waals surface area contributed by atoms with Gasteiger partial charge in [0.25, 0.3) is 0 Å². The highest BCUT2D eigenvalue weighted by Crippen LogP contribution is 2.12. The van der Waals surface area contributed by atoms with Crippen LogP contribution >= 0.6 is 0 Å². The molecular weight excluding hydrogens is 216 g/mol. The van der Waals surface area contributed by atoms with Gasteiger partial charge in [-0.3, -0.25) is 9.69 Å². The van der Waals surface area contributed by atoms with Gasteiger partial charge >= 0.3 is 5.97 Å². The average Bonchev–Trinajstić information content (AvgIpc) is 2.81. The molecule has 1 fully saturated rings. The minimum absolute atomic E-state index is 0.171. The number of carbonyl (C=O) groups excluding carboxylic acids is 1. The lowest BCUT2D eigenvalue weighted by atomic mass is 10.2.